The molecule has 1 aromatic heterocycles. The molecule has 0 aliphatic rings. The highest BCUT2D eigenvalue weighted by atomic mass is 15.1. The van der Waals surface area contributed by atoms with Gasteiger partial charge in [0.1, 0.15) is 0 Å². The summed E-state index contributed by atoms with van der Waals surface area (Å²) in [6, 6.07) is 40.2. The smallest absolute Gasteiger partial charge is 0.0709 e. The summed E-state index contributed by atoms with van der Waals surface area (Å²) in [6.45, 7) is 0. The lowest BCUT2D eigenvalue weighted by molar-refractivity contribution is 1.21. The van der Waals surface area contributed by atoms with Crippen molar-refractivity contribution in [2.24, 2.45) is 0 Å². The number of anilines is 2. The normalized spacial score (nSPS) is 10.8. The van der Waals surface area contributed by atoms with Gasteiger partial charge in [0.25, 0.3) is 0 Å². The first-order chi connectivity index (χ1) is 14.8. The number of pyridine rings is 1. The molecule has 5 aromatic rings. The molecule has 2 nitrogen and oxygen atoms in total. The van der Waals surface area contributed by atoms with Crippen molar-refractivity contribution in [2.45, 2.75) is 0 Å². The van der Waals surface area contributed by atoms with E-state index in [4.69, 9.17) is 4.98 Å². The number of benzene rings is 4. The summed E-state index contributed by atoms with van der Waals surface area (Å²) >= 11 is 0. The maximum Gasteiger partial charge on any atom is 0.0709 e. The van der Waals surface area contributed by atoms with Crippen molar-refractivity contribution < 1.29 is 0 Å². The molecule has 30 heavy (non-hydrogen) atoms. The third-order valence-corrected chi connectivity index (χ3v) is 5.51. The third-order valence-electron chi connectivity index (χ3n) is 5.51. The molecule has 144 valence electrons. The summed E-state index contributed by atoms with van der Waals surface area (Å²) in [5, 5.41) is 1.16. The highest BCUT2D eigenvalue weighted by molar-refractivity contribution is 5.81. The van der Waals surface area contributed by atoms with Crippen molar-refractivity contribution >= 4 is 22.3 Å². The summed E-state index contributed by atoms with van der Waals surface area (Å²) in [6.07, 6.45) is 0. The molecular weight excluding hydrogens is 364 g/mol. The van der Waals surface area contributed by atoms with Gasteiger partial charge in [-0.25, -0.2) is 4.98 Å². The van der Waals surface area contributed by atoms with Gasteiger partial charge in [-0.3, -0.25) is 0 Å². The SMILES string of the molecule is CN(c1ccc(-c2ccccc2)cc1)c1ccc(-c2ccc3ccccc3n2)cc1. The Labute approximate surface area is 177 Å². The number of hydrogen-bond donors (Lipinski definition) is 0. The van der Waals surface area contributed by atoms with Crippen molar-refractivity contribution in [3.8, 4) is 22.4 Å². The first kappa shape index (κ1) is 18.1. The molecule has 2 heteroatoms. The molecule has 0 saturated heterocycles. The Morgan fingerprint density at radius 1 is 0.500 bits per heavy atom. The number of aromatic nitrogens is 1. The molecule has 4 aromatic carbocycles. The highest BCUT2D eigenvalue weighted by Gasteiger charge is 2.07. The Morgan fingerprint density at radius 2 is 1.07 bits per heavy atom. The molecule has 0 spiro atoms. The zero-order valence-electron chi connectivity index (χ0n) is 16.9. The number of rotatable bonds is 4. The van der Waals surface area contributed by atoms with E-state index in [0.29, 0.717) is 0 Å². The molecule has 1 heterocycles. The van der Waals surface area contributed by atoms with Crippen LogP contribution in [0.5, 0.6) is 0 Å². The van der Waals surface area contributed by atoms with Crippen molar-refractivity contribution in [1.82, 2.24) is 4.98 Å². The van der Waals surface area contributed by atoms with Gasteiger partial charge in [-0.15, -0.1) is 0 Å². The van der Waals surface area contributed by atoms with Crippen LogP contribution in [-0.4, -0.2) is 12.0 Å². The molecule has 0 fully saturated rings. The summed E-state index contributed by atoms with van der Waals surface area (Å²) in [4.78, 5) is 7.00. The van der Waals surface area contributed by atoms with Gasteiger partial charge in [0.15, 0.2) is 0 Å². The van der Waals surface area contributed by atoms with E-state index in [0.717, 1.165) is 33.5 Å². The van der Waals surface area contributed by atoms with Crippen LogP contribution in [0, 0.1) is 0 Å². The van der Waals surface area contributed by atoms with Crippen molar-refractivity contribution in [3.63, 3.8) is 0 Å². The summed E-state index contributed by atoms with van der Waals surface area (Å²) in [7, 11) is 2.10. The van der Waals surface area contributed by atoms with Crippen LogP contribution in [0.15, 0.2) is 115 Å². The zero-order chi connectivity index (χ0) is 20.3. The molecule has 0 unspecified atom stereocenters. The van der Waals surface area contributed by atoms with E-state index in [2.05, 4.69) is 109 Å². The fourth-order valence-electron chi connectivity index (χ4n) is 3.74. The van der Waals surface area contributed by atoms with E-state index in [1.54, 1.807) is 0 Å². The Kier molecular flexibility index (Phi) is 4.74. The van der Waals surface area contributed by atoms with Crippen molar-refractivity contribution in [3.05, 3.63) is 115 Å². The second kappa shape index (κ2) is 7.84. The predicted molar refractivity (Wildman–Crippen MR) is 127 cm³/mol. The minimum absolute atomic E-state index is 0.995. The molecule has 0 atom stereocenters. The average Bonchev–Trinajstić information content (AvgIpc) is 2.84. The van der Waals surface area contributed by atoms with E-state index in [1.165, 1.54) is 11.1 Å². The predicted octanol–water partition coefficient (Wildman–Crippen LogP) is 7.34. The second-order valence-corrected chi connectivity index (χ2v) is 7.41. The van der Waals surface area contributed by atoms with Gasteiger partial charge in [-0.1, -0.05) is 78.9 Å². The number of para-hydroxylation sites is 1. The summed E-state index contributed by atoms with van der Waals surface area (Å²) < 4.78 is 0. The second-order valence-electron chi connectivity index (χ2n) is 7.41. The molecule has 0 bridgehead atoms. The number of hydrogen-bond acceptors (Lipinski definition) is 2. The summed E-state index contributed by atoms with van der Waals surface area (Å²) in [5.74, 6) is 0. The lowest BCUT2D eigenvalue weighted by atomic mass is 10.1. The Morgan fingerprint density at radius 3 is 1.77 bits per heavy atom. The minimum Gasteiger partial charge on any atom is -0.345 e. The van der Waals surface area contributed by atoms with E-state index in [-0.39, 0.29) is 0 Å². The number of fused-ring (bicyclic) bond motifs is 1. The van der Waals surface area contributed by atoms with E-state index >= 15 is 0 Å². The average molecular weight is 386 g/mol. The van der Waals surface area contributed by atoms with Crippen molar-refractivity contribution in [1.29, 1.82) is 0 Å². The van der Waals surface area contributed by atoms with E-state index < -0.39 is 0 Å². The van der Waals surface area contributed by atoms with Gasteiger partial charge in [-0.2, -0.15) is 0 Å². The molecule has 0 saturated carbocycles. The first-order valence-electron chi connectivity index (χ1n) is 10.1. The zero-order valence-corrected chi connectivity index (χ0v) is 16.9. The topological polar surface area (TPSA) is 16.1 Å². The van der Waals surface area contributed by atoms with Crippen LogP contribution >= 0.6 is 0 Å². The van der Waals surface area contributed by atoms with Gasteiger partial charge in [0.2, 0.25) is 0 Å². The van der Waals surface area contributed by atoms with Crippen LogP contribution in [-0.2, 0) is 0 Å². The van der Waals surface area contributed by atoms with Gasteiger partial charge in [0.05, 0.1) is 11.2 Å². The Hall–Kier alpha value is -3.91. The van der Waals surface area contributed by atoms with Crippen molar-refractivity contribution in [2.75, 3.05) is 11.9 Å². The third kappa shape index (κ3) is 3.56. The van der Waals surface area contributed by atoms with Crippen LogP contribution in [0.4, 0.5) is 11.4 Å². The van der Waals surface area contributed by atoms with Gasteiger partial charge < -0.3 is 4.90 Å². The van der Waals surface area contributed by atoms with Crippen LogP contribution in [0.3, 0.4) is 0 Å². The molecule has 0 amide bonds. The Balaban J connectivity index is 1.38. The lowest BCUT2D eigenvalue weighted by Crippen LogP contribution is -2.09. The quantitative estimate of drug-likeness (QED) is 0.321. The van der Waals surface area contributed by atoms with Gasteiger partial charge >= 0.3 is 0 Å². The fourth-order valence-corrected chi connectivity index (χ4v) is 3.74. The molecule has 0 N–H and O–H groups in total. The van der Waals surface area contributed by atoms with Crippen LogP contribution < -0.4 is 4.90 Å². The fraction of sp³-hybridized carbons (Fsp3) is 0.0357. The molecule has 5 rings (SSSR count). The van der Waals surface area contributed by atoms with Gasteiger partial charge in [0, 0.05) is 29.4 Å². The largest absolute Gasteiger partial charge is 0.345 e. The highest BCUT2D eigenvalue weighted by Crippen LogP contribution is 2.29. The first-order valence-corrected chi connectivity index (χ1v) is 10.1. The Bertz CT molecular complexity index is 1270. The molecule has 0 aliphatic heterocycles. The molecule has 0 aliphatic carbocycles. The number of nitrogens with zero attached hydrogens (tertiary/aromatic N) is 2. The van der Waals surface area contributed by atoms with E-state index in [9.17, 15) is 0 Å². The maximum absolute atomic E-state index is 4.80. The minimum atomic E-state index is 0.995. The standard InChI is InChI=1S/C28H22N2/c1-30(25-16-11-22(12-17-25)21-7-3-2-4-8-21)26-18-13-24(14-19-26)28-20-15-23-9-5-6-10-27(23)29-28/h2-20H,1H3. The van der Waals surface area contributed by atoms with Crippen LogP contribution in [0.25, 0.3) is 33.3 Å². The van der Waals surface area contributed by atoms with E-state index in [1.807, 2.05) is 18.2 Å². The van der Waals surface area contributed by atoms with Gasteiger partial charge in [-0.05, 0) is 47.5 Å². The van der Waals surface area contributed by atoms with Crippen LogP contribution in [0.2, 0.25) is 0 Å². The lowest BCUT2D eigenvalue weighted by Gasteiger charge is -2.20. The summed E-state index contributed by atoms with van der Waals surface area (Å²) in [5.41, 5.74) is 7.91. The maximum atomic E-state index is 4.80. The monoisotopic (exact) mass is 386 g/mol. The van der Waals surface area contributed by atoms with Crippen LogP contribution in [0.1, 0.15) is 0 Å². The molecule has 0 radical (unpaired) electrons. The molecular formula is C28H22N2.